The van der Waals surface area contributed by atoms with Crippen molar-refractivity contribution in [3.05, 3.63) is 63.9 Å². The fourth-order valence-corrected chi connectivity index (χ4v) is 4.66. The molecule has 5 nitrogen and oxygen atoms in total. The van der Waals surface area contributed by atoms with E-state index < -0.39 is 0 Å². The number of fused-ring (bicyclic) bond motifs is 1. The van der Waals surface area contributed by atoms with Gasteiger partial charge >= 0.3 is 0 Å². The quantitative estimate of drug-likeness (QED) is 0.791. The van der Waals surface area contributed by atoms with Gasteiger partial charge in [0.25, 0.3) is 5.91 Å². The molecule has 0 aliphatic carbocycles. The number of nitrogens with zero attached hydrogens (tertiary/aromatic N) is 3. The topological polar surface area (TPSA) is 68.9 Å². The Morgan fingerprint density at radius 3 is 2.73 bits per heavy atom. The summed E-state index contributed by atoms with van der Waals surface area (Å²) in [5, 5.41) is 17.8. The fraction of sp³-hybridized carbons (Fsp3) is 0.158. The van der Waals surface area contributed by atoms with Crippen molar-refractivity contribution in [2.75, 3.05) is 0 Å². The summed E-state index contributed by atoms with van der Waals surface area (Å²) in [4.78, 5) is 17.5. The first-order valence-corrected chi connectivity index (χ1v) is 9.95. The number of carbonyl (C=O) groups excluding carboxylic acids is 1. The van der Waals surface area contributed by atoms with Crippen LogP contribution >= 0.6 is 23.1 Å². The molecule has 1 N–H and O–H groups in total. The van der Waals surface area contributed by atoms with Crippen LogP contribution in [0.15, 0.2) is 63.5 Å². The Balaban J connectivity index is 1.67. The molecule has 7 heteroatoms. The van der Waals surface area contributed by atoms with Crippen LogP contribution in [-0.4, -0.2) is 27.0 Å². The maximum absolute atomic E-state index is 12.4. The molecule has 1 unspecified atom stereocenters. The molecule has 0 fully saturated rings. The molecule has 1 aromatic carbocycles. The minimum Gasteiger partial charge on any atom is -0.282 e. The highest BCUT2D eigenvalue weighted by Crippen LogP contribution is 2.36. The third-order valence-electron chi connectivity index (χ3n) is 4.21. The molecule has 1 amide bonds. The molecule has 2 aromatic rings. The summed E-state index contributed by atoms with van der Waals surface area (Å²) in [7, 11) is 0. The molecular weight excluding hydrogens is 364 g/mol. The maximum atomic E-state index is 12.4. The molecule has 1 atom stereocenters. The summed E-state index contributed by atoms with van der Waals surface area (Å²) in [6.07, 6.45) is 2.60. The monoisotopic (exact) mass is 380 g/mol. The van der Waals surface area contributed by atoms with Crippen LogP contribution in [0.3, 0.4) is 0 Å². The first kappa shape index (κ1) is 16.9. The van der Waals surface area contributed by atoms with Gasteiger partial charge in [-0.05, 0) is 41.3 Å². The van der Waals surface area contributed by atoms with E-state index in [9.17, 15) is 4.79 Å². The number of thiophene rings is 1. The number of hydrazone groups is 1. The molecule has 4 rings (SSSR count). The Morgan fingerprint density at radius 2 is 2.04 bits per heavy atom. The number of hydrogen-bond donors (Lipinski definition) is 1. The summed E-state index contributed by atoms with van der Waals surface area (Å²) in [5.41, 5.74) is 1.45. The minimum atomic E-state index is -0.383. The van der Waals surface area contributed by atoms with Gasteiger partial charge in [-0.25, -0.2) is 0 Å². The first-order valence-electron chi connectivity index (χ1n) is 8.26. The van der Waals surface area contributed by atoms with Gasteiger partial charge in [-0.1, -0.05) is 43.3 Å². The Hall–Kier alpha value is -2.51. The van der Waals surface area contributed by atoms with E-state index >= 15 is 0 Å². The van der Waals surface area contributed by atoms with Crippen molar-refractivity contribution in [1.82, 2.24) is 5.01 Å². The van der Waals surface area contributed by atoms with Crippen LogP contribution in [0.1, 0.15) is 29.7 Å². The molecule has 130 valence electrons. The largest absolute Gasteiger partial charge is 0.283 e. The van der Waals surface area contributed by atoms with Crippen LogP contribution in [0.2, 0.25) is 0 Å². The average Bonchev–Trinajstić information content (AvgIpc) is 3.30. The third-order valence-corrected chi connectivity index (χ3v) is 6.05. The minimum absolute atomic E-state index is 0.0822. The second-order valence-corrected chi connectivity index (χ2v) is 7.81. The van der Waals surface area contributed by atoms with E-state index in [1.165, 1.54) is 33.7 Å². The lowest BCUT2D eigenvalue weighted by Crippen LogP contribution is -2.35. The summed E-state index contributed by atoms with van der Waals surface area (Å²) in [6.45, 7) is 2.11. The standard InChI is InChI=1S/C19H16N4OS2/c1-2-14(12-7-4-3-5-8-12)18-22-23-16(20)15(11-13-9-6-10-25-13)17(24)21-19(23)26-18/h3-11,14,20H,2H2,1H3/b15-11+,20-16?. The van der Waals surface area contributed by atoms with Gasteiger partial charge in [0.2, 0.25) is 5.17 Å². The lowest BCUT2D eigenvalue weighted by atomic mass is 9.98. The predicted molar refractivity (Wildman–Crippen MR) is 109 cm³/mol. The van der Waals surface area contributed by atoms with Gasteiger partial charge in [-0.15, -0.1) is 11.3 Å². The lowest BCUT2D eigenvalue weighted by molar-refractivity contribution is -0.114. The highest BCUT2D eigenvalue weighted by atomic mass is 32.2. The van der Waals surface area contributed by atoms with Crippen molar-refractivity contribution in [2.24, 2.45) is 10.1 Å². The van der Waals surface area contributed by atoms with Crippen LogP contribution in [0, 0.1) is 5.41 Å². The van der Waals surface area contributed by atoms with Gasteiger partial charge in [-0.3, -0.25) is 10.2 Å². The lowest BCUT2D eigenvalue weighted by Gasteiger charge is -2.20. The zero-order valence-electron chi connectivity index (χ0n) is 14.0. The van der Waals surface area contributed by atoms with Gasteiger partial charge in [0.05, 0.1) is 5.57 Å². The van der Waals surface area contributed by atoms with E-state index in [0.717, 1.165) is 16.3 Å². The number of hydrogen-bond acceptors (Lipinski definition) is 5. The zero-order valence-corrected chi connectivity index (χ0v) is 15.7. The van der Waals surface area contributed by atoms with E-state index in [0.29, 0.717) is 5.17 Å². The third kappa shape index (κ3) is 3.04. The Kier molecular flexibility index (Phi) is 4.57. The van der Waals surface area contributed by atoms with Crippen LogP contribution in [0.25, 0.3) is 6.08 Å². The molecule has 26 heavy (non-hydrogen) atoms. The van der Waals surface area contributed by atoms with E-state index in [4.69, 9.17) is 5.41 Å². The van der Waals surface area contributed by atoms with Crippen LogP contribution < -0.4 is 0 Å². The van der Waals surface area contributed by atoms with Gasteiger partial charge in [0.1, 0.15) is 5.04 Å². The number of amidine groups is 2. The van der Waals surface area contributed by atoms with Crippen molar-refractivity contribution in [1.29, 1.82) is 5.41 Å². The van der Waals surface area contributed by atoms with Crippen molar-refractivity contribution < 1.29 is 4.79 Å². The van der Waals surface area contributed by atoms with E-state index in [-0.39, 0.29) is 23.2 Å². The molecule has 0 bridgehead atoms. The summed E-state index contributed by atoms with van der Waals surface area (Å²) in [5.74, 6) is -0.174. The number of nitrogens with one attached hydrogen (secondary N) is 1. The molecular formula is C19H16N4OS2. The number of amides is 1. The molecule has 0 saturated heterocycles. The van der Waals surface area contributed by atoms with Crippen molar-refractivity contribution in [3.63, 3.8) is 0 Å². The van der Waals surface area contributed by atoms with Gasteiger partial charge in [0, 0.05) is 10.8 Å². The van der Waals surface area contributed by atoms with E-state index in [1.54, 1.807) is 6.08 Å². The number of benzene rings is 1. The average molecular weight is 380 g/mol. The number of rotatable bonds is 4. The van der Waals surface area contributed by atoms with Gasteiger partial charge in [-0.2, -0.15) is 15.1 Å². The molecule has 0 radical (unpaired) electrons. The maximum Gasteiger partial charge on any atom is 0.283 e. The second kappa shape index (κ2) is 7.01. The first-order chi connectivity index (χ1) is 12.7. The van der Waals surface area contributed by atoms with Crippen LogP contribution in [0.5, 0.6) is 0 Å². The molecule has 0 spiro atoms. The highest BCUT2D eigenvalue weighted by molar-refractivity contribution is 8.27. The van der Waals surface area contributed by atoms with Crippen LogP contribution in [-0.2, 0) is 4.79 Å². The predicted octanol–water partition coefficient (Wildman–Crippen LogP) is 4.56. The summed E-state index contributed by atoms with van der Waals surface area (Å²) >= 11 is 2.90. The van der Waals surface area contributed by atoms with Gasteiger partial charge in [0.15, 0.2) is 5.84 Å². The Labute approximate surface area is 159 Å². The summed E-state index contributed by atoms with van der Waals surface area (Å²) < 4.78 is 0. The van der Waals surface area contributed by atoms with Crippen molar-refractivity contribution in [3.8, 4) is 0 Å². The molecule has 2 aliphatic rings. The van der Waals surface area contributed by atoms with Crippen molar-refractivity contribution in [2.45, 2.75) is 19.3 Å². The fourth-order valence-electron chi connectivity index (χ4n) is 2.90. The number of carbonyl (C=O) groups is 1. The molecule has 3 heterocycles. The molecule has 2 aliphatic heterocycles. The normalized spacial score (nSPS) is 19.4. The SMILES string of the molecule is CCC(C1=NN2C(=N)/C(=C\c3cccs3)C(=O)N=C2S1)c1ccccc1. The Morgan fingerprint density at radius 1 is 1.23 bits per heavy atom. The number of aliphatic imine (C=N–C) groups is 1. The van der Waals surface area contributed by atoms with Crippen molar-refractivity contribution >= 4 is 51.1 Å². The van der Waals surface area contributed by atoms with Gasteiger partial charge < -0.3 is 0 Å². The second-order valence-electron chi connectivity index (χ2n) is 5.85. The highest BCUT2D eigenvalue weighted by Gasteiger charge is 2.37. The molecule has 0 saturated carbocycles. The smallest absolute Gasteiger partial charge is 0.282 e. The number of thioether (sulfide) groups is 1. The van der Waals surface area contributed by atoms with E-state index in [1.807, 2.05) is 35.7 Å². The zero-order chi connectivity index (χ0) is 18.1. The molecule has 1 aromatic heterocycles. The summed E-state index contributed by atoms with van der Waals surface area (Å²) in [6, 6.07) is 14.0. The van der Waals surface area contributed by atoms with E-state index in [2.05, 4.69) is 29.2 Å². The van der Waals surface area contributed by atoms with Crippen LogP contribution in [0.4, 0.5) is 0 Å². The Bertz CT molecular complexity index is 945.